The first-order valence-electron chi connectivity index (χ1n) is 7.68. The smallest absolute Gasteiger partial charge is 0.351 e. The number of benzene rings is 1. The van der Waals surface area contributed by atoms with Crippen LogP contribution in [0.2, 0.25) is 0 Å². The number of hydrogen-bond acceptors (Lipinski definition) is 2. The van der Waals surface area contributed by atoms with Crippen molar-refractivity contribution in [2.75, 3.05) is 19.6 Å². The van der Waals surface area contributed by atoms with Gasteiger partial charge in [-0.15, -0.1) is 0 Å². The van der Waals surface area contributed by atoms with Gasteiger partial charge in [-0.1, -0.05) is 6.92 Å². The Hall–Kier alpha value is -1.77. The highest BCUT2D eigenvalue weighted by molar-refractivity contribution is 5.94. The first-order chi connectivity index (χ1) is 11.4. The van der Waals surface area contributed by atoms with Crippen LogP contribution in [-0.4, -0.2) is 36.5 Å². The molecule has 0 aliphatic rings. The monoisotopic (exact) mass is 370 g/mol. The third kappa shape index (κ3) is 6.22. The van der Waals surface area contributed by atoms with Crippen LogP contribution in [0.1, 0.15) is 42.3 Å². The number of halogens is 6. The van der Waals surface area contributed by atoms with Crippen LogP contribution in [0.3, 0.4) is 0 Å². The van der Waals surface area contributed by atoms with E-state index >= 15 is 0 Å². The third-order valence-electron chi connectivity index (χ3n) is 3.67. The summed E-state index contributed by atoms with van der Waals surface area (Å²) < 4.78 is 76.7. The molecule has 1 aromatic carbocycles. The predicted molar refractivity (Wildman–Crippen MR) is 81.2 cm³/mol. The minimum absolute atomic E-state index is 0.00559. The van der Waals surface area contributed by atoms with E-state index in [0.717, 1.165) is 0 Å². The molecule has 1 amide bonds. The molecule has 0 saturated carbocycles. The minimum atomic E-state index is -4.98. The molecule has 3 nitrogen and oxygen atoms in total. The quantitative estimate of drug-likeness (QED) is 0.762. The molecular weight excluding hydrogens is 350 g/mol. The fraction of sp³-hybridized carbons (Fsp3) is 0.562. The standard InChI is InChI=1S/C16H20F6N2O/c1-4-24(10(2)3)6-5-23-14(25)11-7-12(15(17,18)19)9-13(8-11)16(20,21)22/h7-10H,4-6H2,1-3H3,(H,23,25). The molecule has 0 spiro atoms. The molecule has 0 aliphatic heterocycles. The Morgan fingerprint density at radius 2 is 1.52 bits per heavy atom. The van der Waals surface area contributed by atoms with E-state index < -0.39 is 35.0 Å². The lowest BCUT2D eigenvalue weighted by molar-refractivity contribution is -0.143. The second-order valence-corrected chi connectivity index (χ2v) is 5.77. The molecule has 1 N–H and O–H groups in total. The Labute approximate surface area is 142 Å². The molecule has 0 radical (unpaired) electrons. The minimum Gasteiger partial charge on any atom is -0.351 e. The van der Waals surface area contributed by atoms with Crippen molar-refractivity contribution in [2.45, 2.75) is 39.2 Å². The maximum Gasteiger partial charge on any atom is 0.416 e. The van der Waals surface area contributed by atoms with E-state index in [1.807, 2.05) is 25.7 Å². The van der Waals surface area contributed by atoms with E-state index in [1.165, 1.54) is 0 Å². The van der Waals surface area contributed by atoms with Gasteiger partial charge < -0.3 is 5.32 Å². The van der Waals surface area contributed by atoms with E-state index in [2.05, 4.69) is 5.32 Å². The van der Waals surface area contributed by atoms with Gasteiger partial charge in [0.1, 0.15) is 0 Å². The lowest BCUT2D eigenvalue weighted by Crippen LogP contribution is -2.38. The number of nitrogens with one attached hydrogen (secondary N) is 1. The van der Waals surface area contributed by atoms with Crippen molar-refractivity contribution in [3.63, 3.8) is 0 Å². The number of alkyl halides is 6. The lowest BCUT2D eigenvalue weighted by atomic mass is 10.0. The Balaban J connectivity index is 2.97. The van der Waals surface area contributed by atoms with Crippen molar-refractivity contribution < 1.29 is 31.1 Å². The average Bonchev–Trinajstić information content (AvgIpc) is 2.48. The molecule has 9 heteroatoms. The molecule has 0 aliphatic carbocycles. The van der Waals surface area contributed by atoms with Crippen molar-refractivity contribution in [2.24, 2.45) is 0 Å². The van der Waals surface area contributed by atoms with E-state index in [0.29, 0.717) is 25.2 Å². The van der Waals surface area contributed by atoms with Crippen molar-refractivity contribution in [3.8, 4) is 0 Å². The highest BCUT2D eigenvalue weighted by Gasteiger charge is 2.37. The molecule has 25 heavy (non-hydrogen) atoms. The maximum absolute atomic E-state index is 12.8. The van der Waals surface area contributed by atoms with Gasteiger partial charge in [0, 0.05) is 24.7 Å². The van der Waals surface area contributed by atoms with Crippen LogP contribution in [0, 0.1) is 0 Å². The summed E-state index contributed by atoms with van der Waals surface area (Å²) in [6, 6.07) is 1.04. The van der Waals surface area contributed by atoms with Gasteiger partial charge in [0.05, 0.1) is 11.1 Å². The first-order valence-corrected chi connectivity index (χ1v) is 7.68. The zero-order chi connectivity index (χ0) is 19.4. The molecular formula is C16H20F6N2O. The summed E-state index contributed by atoms with van der Waals surface area (Å²) in [6.07, 6.45) is -9.96. The molecule has 0 atom stereocenters. The van der Waals surface area contributed by atoms with Crippen molar-refractivity contribution in [3.05, 3.63) is 34.9 Å². The topological polar surface area (TPSA) is 32.3 Å². The van der Waals surface area contributed by atoms with E-state index in [9.17, 15) is 31.1 Å². The van der Waals surface area contributed by atoms with Gasteiger partial charge in [-0.3, -0.25) is 9.69 Å². The van der Waals surface area contributed by atoms with Gasteiger partial charge in [-0.05, 0) is 38.6 Å². The summed E-state index contributed by atoms with van der Waals surface area (Å²) in [7, 11) is 0. The highest BCUT2D eigenvalue weighted by Crippen LogP contribution is 2.36. The Bertz CT molecular complexity index is 563. The van der Waals surface area contributed by atoms with Crippen LogP contribution in [0.15, 0.2) is 18.2 Å². The molecule has 0 unspecified atom stereocenters. The summed E-state index contributed by atoms with van der Waals surface area (Å²) in [5.74, 6) is -0.976. The summed E-state index contributed by atoms with van der Waals surface area (Å²) in [5.41, 5.74) is -3.69. The summed E-state index contributed by atoms with van der Waals surface area (Å²) in [5, 5.41) is 2.36. The number of nitrogens with zero attached hydrogens (tertiary/aromatic N) is 1. The SMILES string of the molecule is CCN(CCNC(=O)c1cc(C(F)(F)F)cc(C(F)(F)F)c1)C(C)C. The average molecular weight is 370 g/mol. The molecule has 0 bridgehead atoms. The van der Waals surface area contributed by atoms with Gasteiger partial charge in [0.2, 0.25) is 0 Å². The van der Waals surface area contributed by atoms with Gasteiger partial charge >= 0.3 is 12.4 Å². The number of rotatable bonds is 6. The van der Waals surface area contributed by atoms with Crippen LogP contribution >= 0.6 is 0 Å². The summed E-state index contributed by atoms with van der Waals surface area (Å²) in [6.45, 7) is 7.04. The number of carbonyl (C=O) groups is 1. The fourth-order valence-electron chi connectivity index (χ4n) is 2.28. The largest absolute Gasteiger partial charge is 0.416 e. The molecule has 1 rings (SSSR count). The third-order valence-corrected chi connectivity index (χ3v) is 3.67. The normalized spacial score (nSPS) is 12.8. The number of hydrogen-bond donors (Lipinski definition) is 1. The van der Waals surface area contributed by atoms with Crippen LogP contribution in [-0.2, 0) is 12.4 Å². The predicted octanol–water partition coefficient (Wildman–Crippen LogP) is 4.18. The van der Waals surface area contributed by atoms with Gasteiger partial charge in [0.15, 0.2) is 0 Å². The fourth-order valence-corrected chi connectivity index (χ4v) is 2.28. The van der Waals surface area contributed by atoms with Crippen molar-refractivity contribution in [1.29, 1.82) is 0 Å². The van der Waals surface area contributed by atoms with E-state index in [-0.39, 0.29) is 18.7 Å². The molecule has 0 aromatic heterocycles. The Morgan fingerprint density at radius 3 is 1.88 bits per heavy atom. The van der Waals surface area contributed by atoms with Crippen LogP contribution in [0.4, 0.5) is 26.3 Å². The van der Waals surface area contributed by atoms with Crippen LogP contribution < -0.4 is 5.32 Å². The van der Waals surface area contributed by atoms with Crippen molar-refractivity contribution in [1.82, 2.24) is 10.2 Å². The van der Waals surface area contributed by atoms with Gasteiger partial charge in [-0.2, -0.15) is 26.3 Å². The van der Waals surface area contributed by atoms with E-state index in [4.69, 9.17) is 0 Å². The first kappa shape index (κ1) is 21.3. The molecule has 1 aromatic rings. The Morgan fingerprint density at radius 1 is 1.04 bits per heavy atom. The Kier molecular flexibility index (Phi) is 6.87. The summed E-state index contributed by atoms with van der Waals surface area (Å²) >= 11 is 0. The summed E-state index contributed by atoms with van der Waals surface area (Å²) in [4.78, 5) is 14.0. The van der Waals surface area contributed by atoms with Crippen LogP contribution in [0.25, 0.3) is 0 Å². The zero-order valence-electron chi connectivity index (χ0n) is 14.1. The second kappa shape index (κ2) is 8.07. The number of amides is 1. The molecule has 142 valence electrons. The zero-order valence-corrected chi connectivity index (χ0v) is 14.1. The van der Waals surface area contributed by atoms with E-state index in [1.54, 1.807) is 0 Å². The van der Waals surface area contributed by atoms with Crippen molar-refractivity contribution >= 4 is 5.91 Å². The van der Waals surface area contributed by atoms with Gasteiger partial charge in [0.25, 0.3) is 5.91 Å². The molecule has 0 saturated heterocycles. The maximum atomic E-state index is 12.8. The molecule has 0 heterocycles. The highest BCUT2D eigenvalue weighted by atomic mass is 19.4. The second-order valence-electron chi connectivity index (χ2n) is 5.77. The number of carbonyl (C=O) groups excluding carboxylic acids is 1. The lowest BCUT2D eigenvalue weighted by Gasteiger charge is -2.24. The van der Waals surface area contributed by atoms with Crippen LogP contribution in [0.5, 0.6) is 0 Å². The van der Waals surface area contributed by atoms with Gasteiger partial charge in [-0.25, -0.2) is 0 Å². The molecule has 0 fully saturated rings. The number of likely N-dealkylation sites (N-methyl/N-ethyl adjacent to an activating group) is 1.